The Morgan fingerprint density at radius 1 is 1.41 bits per heavy atom. The highest BCUT2D eigenvalue weighted by Gasteiger charge is 2.20. The van der Waals surface area contributed by atoms with E-state index in [0.29, 0.717) is 0 Å². The molecule has 94 valence electrons. The van der Waals surface area contributed by atoms with E-state index in [1.807, 2.05) is 6.07 Å². The minimum Gasteiger partial charge on any atom is -0.374 e. The van der Waals surface area contributed by atoms with Gasteiger partial charge in [0.25, 0.3) is 0 Å². The normalized spacial score (nSPS) is 15.0. The third kappa shape index (κ3) is 3.62. The maximum atomic E-state index is 6.08. The molecule has 1 fully saturated rings. The molecule has 0 atom stereocenters. The number of rotatable bonds is 6. The summed E-state index contributed by atoms with van der Waals surface area (Å²) in [5.74, 6) is 0. The molecule has 0 heterocycles. The number of benzene rings is 1. The molecule has 1 aromatic rings. The topological polar surface area (TPSA) is 15.3 Å². The summed E-state index contributed by atoms with van der Waals surface area (Å²) >= 11 is 6.08. The summed E-state index contributed by atoms with van der Waals surface area (Å²) in [5, 5.41) is 4.38. The molecule has 2 rings (SSSR count). The molecule has 1 saturated carbocycles. The number of anilines is 1. The van der Waals surface area contributed by atoms with Gasteiger partial charge in [0.05, 0.1) is 0 Å². The van der Waals surface area contributed by atoms with Crippen LogP contribution in [0.25, 0.3) is 0 Å². The van der Waals surface area contributed by atoms with Gasteiger partial charge < -0.3 is 10.2 Å². The maximum Gasteiger partial charge on any atom is 0.0410 e. The number of hydrogen-bond donors (Lipinski definition) is 1. The molecule has 0 radical (unpaired) electrons. The van der Waals surface area contributed by atoms with E-state index >= 15 is 0 Å². The van der Waals surface area contributed by atoms with Crippen LogP contribution in [-0.2, 0) is 6.54 Å². The van der Waals surface area contributed by atoms with Crippen molar-refractivity contribution in [1.29, 1.82) is 0 Å². The molecule has 1 aliphatic rings. The monoisotopic (exact) mass is 252 g/mol. The standard InChI is InChI=1S/C14H21ClN2/c1-3-8-17(2)14-7-4-12(15)9-11(14)10-16-13-5-6-13/h4,7,9,13,16H,3,5-6,8,10H2,1-2H3. The van der Waals surface area contributed by atoms with Crippen LogP contribution in [0.2, 0.25) is 5.02 Å². The first kappa shape index (κ1) is 12.7. The van der Waals surface area contributed by atoms with Crippen LogP contribution in [0.3, 0.4) is 0 Å². The maximum absolute atomic E-state index is 6.08. The van der Waals surface area contributed by atoms with Gasteiger partial charge in [-0.1, -0.05) is 18.5 Å². The smallest absolute Gasteiger partial charge is 0.0410 e. The molecule has 0 aromatic heterocycles. The van der Waals surface area contributed by atoms with E-state index in [9.17, 15) is 0 Å². The average molecular weight is 253 g/mol. The second kappa shape index (κ2) is 5.74. The van der Waals surface area contributed by atoms with Crippen molar-refractivity contribution in [3.63, 3.8) is 0 Å². The van der Waals surface area contributed by atoms with Gasteiger partial charge in [-0.25, -0.2) is 0 Å². The Balaban J connectivity index is 2.10. The van der Waals surface area contributed by atoms with Crippen molar-refractivity contribution in [2.45, 2.75) is 38.8 Å². The Kier molecular flexibility index (Phi) is 4.30. The lowest BCUT2D eigenvalue weighted by Crippen LogP contribution is -2.22. The summed E-state index contributed by atoms with van der Waals surface area (Å²) in [6.45, 7) is 4.21. The Bertz CT molecular complexity index is 374. The van der Waals surface area contributed by atoms with Gasteiger partial charge in [-0.3, -0.25) is 0 Å². The van der Waals surface area contributed by atoms with Crippen LogP contribution >= 0.6 is 11.6 Å². The van der Waals surface area contributed by atoms with Crippen LogP contribution in [0.15, 0.2) is 18.2 Å². The molecular weight excluding hydrogens is 232 g/mol. The third-order valence-corrected chi connectivity index (χ3v) is 3.41. The lowest BCUT2D eigenvalue weighted by molar-refractivity contribution is 0.685. The predicted octanol–water partition coefficient (Wildman–Crippen LogP) is 3.44. The van der Waals surface area contributed by atoms with Crippen LogP contribution in [0.4, 0.5) is 5.69 Å². The first-order valence-electron chi connectivity index (χ1n) is 6.43. The van der Waals surface area contributed by atoms with Crippen molar-refractivity contribution in [3.8, 4) is 0 Å². The lowest BCUT2D eigenvalue weighted by Gasteiger charge is -2.22. The number of nitrogens with one attached hydrogen (secondary N) is 1. The molecule has 0 unspecified atom stereocenters. The van der Waals surface area contributed by atoms with Crippen molar-refractivity contribution in [2.75, 3.05) is 18.5 Å². The number of halogens is 1. The largest absolute Gasteiger partial charge is 0.374 e. The van der Waals surface area contributed by atoms with E-state index in [-0.39, 0.29) is 0 Å². The summed E-state index contributed by atoms with van der Waals surface area (Å²) in [7, 11) is 2.15. The van der Waals surface area contributed by atoms with Crippen molar-refractivity contribution in [3.05, 3.63) is 28.8 Å². The van der Waals surface area contributed by atoms with Gasteiger partial charge in [-0.15, -0.1) is 0 Å². The molecule has 17 heavy (non-hydrogen) atoms. The van der Waals surface area contributed by atoms with Crippen LogP contribution in [0.1, 0.15) is 31.7 Å². The molecule has 0 amide bonds. The van der Waals surface area contributed by atoms with E-state index in [4.69, 9.17) is 11.6 Å². The van der Waals surface area contributed by atoms with Gasteiger partial charge >= 0.3 is 0 Å². The van der Waals surface area contributed by atoms with Gasteiger partial charge in [-0.2, -0.15) is 0 Å². The fourth-order valence-corrected chi connectivity index (χ4v) is 2.26. The zero-order chi connectivity index (χ0) is 12.3. The molecule has 0 bridgehead atoms. The highest BCUT2D eigenvalue weighted by molar-refractivity contribution is 6.30. The predicted molar refractivity (Wildman–Crippen MR) is 74.9 cm³/mol. The molecule has 2 nitrogen and oxygen atoms in total. The minimum absolute atomic E-state index is 0.735. The SMILES string of the molecule is CCCN(C)c1ccc(Cl)cc1CNC1CC1. The van der Waals surface area contributed by atoms with Gasteiger partial charge in [0.2, 0.25) is 0 Å². The van der Waals surface area contributed by atoms with Crippen molar-refractivity contribution in [1.82, 2.24) is 5.32 Å². The summed E-state index contributed by atoms with van der Waals surface area (Å²) in [6, 6.07) is 6.92. The molecule has 1 aromatic carbocycles. The van der Waals surface area contributed by atoms with Crippen molar-refractivity contribution in [2.24, 2.45) is 0 Å². The Hall–Kier alpha value is -0.730. The highest BCUT2D eigenvalue weighted by atomic mass is 35.5. The van der Waals surface area contributed by atoms with E-state index in [1.54, 1.807) is 0 Å². The van der Waals surface area contributed by atoms with Gasteiger partial charge in [0, 0.05) is 36.9 Å². The first-order valence-corrected chi connectivity index (χ1v) is 6.81. The molecule has 0 aliphatic heterocycles. The van der Waals surface area contributed by atoms with E-state index in [1.165, 1.54) is 24.1 Å². The van der Waals surface area contributed by atoms with Crippen LogP contribution in [-0.4, -0.2) is 19.6 Å². The quantitative estimate of drug-likeness (QED) is 0.835. The van der Waals surface area contributed by atoms with Gasteiger partial charge in [0.1, 0.15) is 0 Å². The van der Waals surface area contributed by atoms with E-state index < -0.39 is 0 Å². The summed E-state index contributed by atoms with van der Waals surface area (Å²) in [5.41, 5.74) is 2.60. The van der Waals surface area contributed by atoms with Gasteiger partial charge in [-0.05, 0) is 43.0 Å². The van der Waals surface area contributed by atoms with E-state index in [0.717, 1.165) is 30.6 Å². The molecule has 0 saturated heterocycles. The van der Waals surface area contributed by atoms with Crippen LogP contribution in [0.5, 0.6) is 0 Å². The molecule has 0 spiro atoms. The second-order valence-corrected chi connectivity index (χ2v) is 5.29. The Morgan fingerprint density at radius 3 is 2.82 bits per heavy atom. The molecule has 1 aliphatic carbocycles. The fraction of sp³-hybridized carbons (Fsp3) is 0.571. The molecule has 3 heteroatoms. The Morgan fingerprint density at radius 2 is 2.18 bits per heavy atom. The Labute approximate surface area is 109 Å². The highest BCUT2D eigenvalue weighted by Crippen LogP contribution is 2.25. The molecule has 1 N–H and O–H groups in total. The molecular formula is C14H21ClN2. The third-order valence-electron chi connectivity index (χ3n) is 3.17. The summed E-state index contributed by atoms with van der Waals surface area (Å²) < 4.78 is 0. The summed E-state index contributed by atoms with van der Waals surface area (Å²) in [4.78, 5) is 2.31. The number of hydrogen-bond acceptors (Lipinski definition) is 2. The van der Waals surface area contributed by atoms with Crippen molar-refractivity contribution >= 4 is 17.3 Å². The van der Waals surface area contributed by atoms with Gasteiger partial charge in [0.15, 0.2) is 0 Å². The summed E-state index contributed by atoms with van der Waals surface area (Å²) in [6.07, 6.45) is 3.80. The minimum atomic E-state index is 0.735. The fourth-order valence-electron chi connectivity index (χ4n) is 2.07. The number of nitrogens with zero attached hydrogens (tertiary/aromatic N) is 1. The first-order chi connectivity index (χ1) is 8.20. The zero-order valence-corrected chi connectivity index (χ0v) is 11.4. The van der Waals surface area contributed by atoms with Crippen LogP contribution in [0, 0.1) is 0 Å². The van der Waals surface area contributed by atoms with E-state index in [2.05, 4.69) is 36.3 Å². The lowest BCUT2D eigenvalue weighted by atomic mass is 10.1. The van der Waals surface area contributed by atoms with Crippen molar-refractivity contribution < 1.29 is 0 Å². The average Bonchev–Trinajstić information content (AvgIpc) is 3.10. The van der Waals surface area contributed by atoms with Crippen LogP contribution < -0.4 is 10.2 Å². The zero-order valence-electron chi connectivity index (χ0n) is 10.7. The second-order valence-electron chi connectivity index (χ2n) is 4.85.